The summed E-state index contributed by atoms with van der Waals surface area (Å²) < 4.78 is 42.5. The highest BCUT2D eigenvalue weighted by molar-refractivity contribution is 5.94. The number of fused-ring (bicyclic) bond motifs is 1. The van der Waals surface area contributed by atoms with Gasteiger partial charge >= 0.3 is 0 Å². The summed E-state index contributed by atoms with van der Waals surface area (Å²) >= 11 is 0. The number of nitrogens with zero attached hydrogens (tertiary/aromatic N) is 2. The van der Waals surface area contributed by atoms with Gasteiger partial charge < -0.3 is 10.3 Å². The first-order valence-corrected chi connectivity index (χ1v) is 9.90. The number of nitriles is 1. The smallest absolute Gasteiger partial charge is 0.252 e. The first-order valence-electron chi connectivity index (χ1n) is 9.90. The number of hydrogen-bond acceptors (Lipinski definition) is 4. The number of carbonyl (C=O) groups excluding carboxylic acids is 1. The number of benzene rings is 1. The molecule has 1 amide bonds. The molecule has 4 rings (SSSR count). The maximum absolute atomic E-state index is 14.4. The van der Waals surface area contributed by atoms with Crippen LogP contribution < -0.4 is 10.9 Å². The molecule has 1 fully saturated rings. The molecule has 9 heteroatoms. The largest absolute Gasteiger partial charge is 0.347 e. The van der Waals surface area contributed by atoms with Crippen molar-refractivity contribution < 1.29 is 18.0 Å². The maximum Gasteiger partial charge on any atom is 0.252 e. The van der Waals surface area contributed by atoms with Gasteiger partial charge in [0.15, 0.2) is 11.6 Å². The van der Waals surface area contributed by atoms with E-state index in [9.17, 15) is 22.8 Å². The molecule has 0 radical (unpaired) electrons. The van der Waals surface area contributed by atoms with E-state index in [1.165, 1.54) is 25.3 Å². The van der Waals surface area contributed by atoms with Crippen molar-refractivity contribution in [1.29, 1.82) is 5.26 Å². The molecule has 164 valence electrons. The lowest BCUT2D eigenvalue weighted by molar-refractivity contribution is -0.125. The molecule has 0 saturated heterocycles. The van der Waals surface area contributed by atoms with Gasteiger partial charge in [-0.05, 0) is 43.0 Å². The number of carbonyl (C=O) groups is 1. The van der Waals surface area contributed by atoms with Crippen molar-refractivity contribution in [3.8, 4) is 6.07 Å². The van der Waals surface area contributed by atoms with Crippen LogP contribution in [0, 0.1) is 34.2 Å². The van der Waals surface area contributed by atoms with Crippen LogP contribution >= 0.6 is 0 Å². The Kier molecular flexibility index (Phi) is 4.84. The molecular formula is C23H19F3N4O2. The summed E-state index contributed by atoms with van der Waals surface area (Å²) in [6, 6.07) is 5.33. The van der Waals surface area contributed by atoms with Crippen LogP contribution in [0.4, 0.5) is 13.2 Å². The number of hydrogen-bond donors (Lipinski definition) is 2. The fourth-order valence-electron chi connectivity index (χ4n) is 4.34. The zero-order valence-corrected chi connectivity index (χ0v) is 17.5. The van der Waals surface area contributed by atoms with Gasteiger partial charge in [-0.15, -0.1) is 0 Å². The summed E-state index contributed by atoms with van der Waals surface area (Å²) in [5, 5.41) is 11.4. The fourth-order valence-corrected chi connectivity index (χ4v) is 4.34. The Balaban J connectivity index is 1.75. The van der Waals surface area contributed by atoms with Gasteiger partial charge in [0.2, 0.25) is 5.91 Å². The van der Waals surface area contributed by atoms with Crippen LogP contribution in [0.5, 0.6) is 0 Å². The Bertz CT molecular complexity index is 1380. The van der Waals surface area contributed by atoms with Gasteiger partial charge in [0, 0.05) is 17.1 Å². The monoisotopic (exact) mass is 440 g/mol. The number of amides is 1. The minimum atomic E-state index is -1.31. The second-order valence-corrected chi connectivity index (χ2v) is 8.70. The molecule has 2 atom stereocenters. The predicted octanol–water partition coefficient (Wildman–Crippen LogP) is 3.76. The average Bonchev–Trinajstić information content (AvgIpc) is 3.33. The lowest BCUT2D eigenvalue weighted by Gasteiger charge is -2.23. The van der Waals surface area contributed by atoms with E-state index in [-0.39, 0.29) is 34.1 Å². The standard InChI is InChI=1S/C23H19F3N4O2/c1-11(19-16(25)6-12(8-27)9-28-19)29-21(32)23(10-22(23,2)3)14-7-13-17(30-20(14)31)5-4-15(24)18(13)26/h4-7,9,11H,10H2,1-3H3,(H,29,32)(H,30,31)/t11-,23+/m0/s1. The molecule has 0 aliphatic heterocycles. The third-order valence-electron chi connectivity index (χ3n) is 6.26. The molecule has 2 N–H and O–H groups in total. The summed E-state index contributed by atoms with van der Waals surface area (Å²) in [5.41, 5.74) is -2.45. The number of H-pyrrole nitrogens is 1. The Morgan fingerprint density at radius 2 is 1.94 bits per heavy atom. The summed E-state index contributed by atoms with van der Waals surface area (Å²) in [6.07, 6.45) is 1.48. The average molecular weight is 440 g/mol. The van der Waals surface area contributed by atoms with Gasteiger partial charge in [-0.3, -0.25) is 14.6 Å². The summed E-state index contributed by atoms with van der Waals surface area (Å²) in [5.74, 6) is -3.49. The minimum Gasteiger partial charge on any atom is -0.347 e. The van der Waals surface area contributed by atoms with Crippen molar-refractivity contribution >= 4 is 16.8 Å². The second kappa shape index (κ2) is 7.19. The number of aromatic amines is 1. The molecule has 2 heterocycles. The third kappa shape index (κ3) is 3.14. The Morgan fingerprint density at radius 1 is 1.25 bits per heavy atom. The highest BCUT2D eigenvalue weighted by Gasteiger charge is 2.68. The van der Waals surface area contributed by atoms with E-state index in [0.717, 1.165) is 12.1 Å². The van der Waals surface area contributed by atoms with Crippen LogP contribution in [0.25, 0.3) is 10.9 Å². The summed E-state index contributed by atoms with van der Waals surface area (Å²) in [6.45, 7) is 5.09. The summed E-state index contributed by atoms with van der Waals surface area (Å²) in [4.78, 5) is 32.7. The fraction of sp³-hybridized carbons (Fsp3) is 0.304. The molecule has 1 aliphatic carbocycles. The normalized spacial score (nSPS) is 19.9. The molecule has 1 aromatic carbocycles. The Labute approximate surface area is 181 Å². The van der Waals surface area contributed by atoms with E-state index in [2.05, 4.69) is 15.3 Å². The van der Waals surface area contributed by atoms with Crippen LogP contribution in [-0.2, 0) is 10.2 Å². The zero-order valence-electron chi connectivity index (χ0n) is 17.5. The van der Waals surface area contributed by atoms with Gasteiger partial charge in [0.1, 0.15) is 11.9 Å². The van der Waals surface area contributed by atoms with Crippen molar-refractivity contribution in [1.82, 2.24) is 15.3 Å². The maximum atomic E-state index is 14.4. The van der Waals surface area contributed by atoms with Gasteiger partial charge in [0.05, 0.1) is 28.2 Å². The van der Waals surface area contributed by atoms with E-state index in [4.69, 9.17) is 5.26 Å². The molecule has 0 bridgehead atoms. The molecule has 32 heavy (non-hydrogen) atoms. The molecule has 0 spiro atoms. The van der Waals surface area contributed by atoms with E-state index < -0.39 is 45.8 Å². The predicted molar refractivity (Wildman–Crippen MR) is 110 cm³/mol. The van der Waals surface area contributed by atoms with E-state index in [1.807, 2.05) is 0 Å². The topological polar surface area (TPSA) is 98.6 Å². The number of rotatable bonds is 4. The van der Waals surface area contributed by atoms with Gasteiger partial charge in [-0.25, -0.2) is 13.2 Å². The first kappa shape index (κ1) is 21.6. The number of aromatic nitrogens is 2. The quantitative estimate of drug-likeness (QED) is 0.645. The lowest BCUT2D eigenvalue weighted by atomic mass is 9.86. The lowest BCUT2D eigenvalue weighted by Crippen LogP contribution is -2.42. The number of pyridine rings is 2. The van der Waals surface area contributed by atoms with Crippen molar-refractivity contribution in [3.63, 3.8) is 0 Å². The zero-order chi connectivity index (χ0) is 23.4. The molecule has 3 aromatic rings. The van der Waals surface area contributed by atoms with E-state index >= 15 is 0 Å². The second-order valence-electron chi connectivity index (χ2n) is 8.70. The van der Waals surface area contributed by atoms with Crippen LogP contribution in [0.3, 0.4) is 0 Å². The van der Waals surface area contributed by atoms with Crippen molar-refractivity contribution in [3.05, 3.63) is 75.1 Å². The molecule has 0 unspecified atom stereocenters. The minimum absolute atomic E-state index is 0.0115. The summed E-state index contributed by atoms with van der Waals surface area (Å²) in [7, 11) is 0. The van der Waals surface area contributed by atoms with Crippen molar-refractivity contribution in [2.24, 2.45) is 5.41 Å². The third-order valence-corrected chi connectivity index (χ3v) is 6.26. The highest BCUT2D eigenvalue weighted by atomic mass is 19.2. The first-order chi connectivity index (χ1) is 15.0. The highest BCUT2D eigenvalue weighted by Crippen LogP contribution is 2.64. The Hall–Kier alpha value is -3.67. The number of halogens is 3. The SMILES string of the molecule is C[C@H](NC(=O)[C@]1(c2cc3c(F)c(F)ccc3[nH]c2=O)CC1(C)C)c1ncc(C#N)cc1F. The molecular weight excluding hydrogens is 421 g/mol. The molecule has 1 saturated carbocycles. The molecule has 2 aromatic heterocycles. The molecule has 6 nitrogen and oxygen atoms in total. The van der Waals surface area contributed by atoms with Crippen LogP contribution in [0.1, 0.15) is 50.1 Å². The Morgan fingerprint density at radius 3 is 2.53 bits per heavy atom. The van der Waals surface area contributed by atoms with Crippen molar-refractivity contribution in [2.75, 3.05) is 0 Å². The van der Waals surface area contributed by atoms with E-state index in [1.54, 1.807) is 19.9 Å². The van der Waals surface area contributed by atoms with Crippen LogP contribution in [0.15, 0.2) is 35.3 Å². The van der Waals surface area contributed by atoms with Crippen LogP contribution in [-0.4, -0.2) is 15.9 Å². The molecule has 1 aliphatic rings. The van der Waals surface area contributed by atoms with Crippen molar-refractivity contribution in [2.45, 2.75) is 38.6 Å². The number of nitrogens with one attached hydrogen (secondary N) is 2. The van der Waals surface area contributed by atoms with Gasteiger partial charge in [-0.2, -0.15) is 5.26 Å². The van der Waals surface area contributed by atoms with Gasteiger partial charge in [-0.1, -0.05) is 13.8 Å². The van der Waals surface area contributed by atoms with E-state index in [0.29, 0.717) is 0 Å². The van der Waals surface area contributed by atoms with Gasteiger partial charge in [0.25, 0.3) is 5.56 Å². The van der Waals surface area contributed by atoms with Crippen LogP contribution in [0.2, 0.25) is 0 Å².